The first-order chi connectivity index (χ1) is 14.1. The zero-order valence-electron chi connectivity index (χ0n) is 15.8. The summed E-state index contributed by atoms with van der Waals surface area (Å²) in [5, 5.41) is 0.949. The Kier molecular flexibility index (Phi) is 3.64. The van der Waals surface area contributed by atoms with E-state index in [9.17, 15) is 9.59 Å². The van der Waals surface area contributed by atoms with Crippen molar-refractivity contribution < 1.29 is 33.3 Å². The summed E-state index contributed by atoms with van der Waals surface area (Å²) in [5.41, 5.74) is 1.25. The molecule has 29 heavy (non-hydrogen) atoms. The first kappa shape index (κ1) is 17.3. The second-order valence-electron chi connectivity index (χ2n) is 6.48. The lowest BCUT2D eigenvalue weighted by Crippen LogP contribution is -2.22. The third kappa shape index (κ3) is 2.22. The van der Waals surface area contributed by atoms with Gasteiger partial charge in [-0.25, -0.2) is 4.98 Å². The molecule has 5 rings (SSSR count). The summed E-state index contributed by atoms with van der Waals surface area (Å²) in [6.45, 7) is 0.0543. The van der Waals surface area contributed by atoms with Crippen LogP contribution in [0.25, 0.3) is 22.0 Å². The summed E-state index contributed by atoms with van der Waals surface area (Å²) in [6.07, 6.45) is 0. The van der Waals surface area contributed by atoms with Gasteiger partial charge in [0, 0.05) is 16.5 Å². The zero-order valence-corrected chi connectivity index (χ0v) is 15.8. The molecule has 146 valence electrons. The fourth-order valence-electron chi connectivity index (χ4n) is 3.82. The van der Waals surface area contributed by atoms with E-state index < -0.39 is 11.6 Å². The molecule has 0 radical (unpaired) electrons. The maximum absolute atomic E-state index is 13.1. The van der Waals surface area contributed by atoms with Gasteiger partial charge >= 0.3 is 0 Å². The average Bonchev–Trinajstić information content (AvgIpc) is 3.21. The van der Waals surface area contributed by atoms with Crippen LogP contribution in [0.3, 0.4) is 0 Å². The van der Waals surface area contributed by atoms with Crippen LogP contribution in [-0.2, 0) is 0 Å². The lowest BCUT2D eigenvalue weighted by atomic mass is 9.84. The summed E-state index contributed by atoms with van der Waals surface area (Å²) in [6, 6.07) is 6.56. The molecule has 0 fully saturated rings. The molecule has 8 heteroatoms. The number of methoxy groups -OCH3 is 3. The van der Waals surface area contributed by atoms with Crippen LogP contribution in [0.1, 0.15) is 20.7 Å². The minimum absolute atomic E-state index is 0.0543. The van der Waals surface area contributed by atoms with E-state index in [0.717, 1.165) is 0 Å². The van der Waals surface area contributed by atoms with E-state index in [1.807, 2.05) is 0 Å². The van der Waals surface area contributed by atoms with Gasteiger partial charge in [-0.1, -0.05) is 0 Å². The van der Waals surface area contributed by atoms with Crippen molar-refractivity contribution in [3.8, 4) is 40.1 Å². The number of benzene rings is 2. The number of hydrogen-bond donors (Lipinski definition) is 0. The number of Topliss-reactive ketones (excluding diaryl/α,β-unsaturated/α-hetero) is 2. The van der Waals surface area contributed by atoms with Crippen molar-refractivity contribution >= 4 is 22.3 Å². The molecule has 2 aliphatic rings. The van der Waals surface area contributed by atoms with Gasteiger partial charge < -0.3 is 23.7 Å². The standard InChI is InChI=1S/C21H15NO7/c1-25-12-5-4-9-15-17(22-21(27-3)16(9)20(12)26-2)10-6-13-14(29-8-28-13)7-11(10)18(23)19(15)24/h4-7H,8H2,1-3H3. The molecule has 2 heterocycles. The highest BCUT2D eigenvalue weighted by Crippen LogP contribution is 2.47. The number of ketones is 2. The number of aromatic nitrogens is 1. The molecule has 8 nitrogen and oxygen atoms in total. The van der Waals surface area contributed by atoms with E-state index in [4.69, 9.17) is 23.7 Å². The van der Waals surface area contributed by atoms with Crippen LogP contribution in [0.5, 0.6) is 28.9 Å². The maximum atomic E-state index is 13.1. The van der Waals surface area contributed by atoms with Gasteiger partial charge in [0.25, 0.3) is 0 Å². The van der Waals surface area contributed by atoms with Gasteiger partial charge in [0.15, 0.2) is 23.0 Å². The van der Waals surface area contributed by atoms with Gasteiger partial charge in [-0.2, -0.15) is 0 Å². The van der Waals surface area contributed by atoms with Crippen LogP contribution < -0.4 is 23.7 Å². The second kappa shape index (κ2) is 6.10. The number of fused-ring (bicyclic) bond motifs is 6. The smallest absolute Gasteiger partial charge is 0.236 e. The molecule has 2 aromatic carbocycles. The van der Waals surface area contributed by atoms with E-state index in [2.05, 4.69) is 4.98 Å². The number of hydrogen-bond acceptors (Lipinski definition) is 8. The monoisotopic (exact) mass is 393 g/mol. The molecule has 0 saturated carbocycles. The molecule has 0 unspecified atom stereocenters. The highest BCUT2D eigenvalue weighted by Gasteiger charge is 2.37. The van der Waals surface area contributed by atoms with E-state index in [0.29, 0.717) is 45.0 Å². The Bertz CT molecular complexity index is 1230. The molecular weight excluding hydrogens is 378 g/mol. The summed E-state index contributed by atoms with van der Waals surface area (Å²) < 4.78 is 27.1. The van der Waals surface area contributed by atoms with Crippen molar-refractivity contribution in [2.75, 3.05) is 28.1 Å². The zero-order chi connectivity index (χ0) is 20.3. The molecule has 3 aromatic rings. The molecule has 0 amide bonds. The van der Waals surface area contributed by atoms with Gasteiger partial charge in [0.05, 0.1) is 38.0 Å². The van der Waals surface area contributed by atoms with E-state index in [1.54, 1.807) is 18.2 Å². The number of rotatable bonds is 3. The van der Waals surface area contributed by atoms with Crippen molar-refractivity contribution in [2.45, 2.75) is 0 Å². The molecule has 1 aliphatic carbocycles. The quantitative estimate of drug-likeness (QED) is 0.627. The van der Waals surface area contributed by atoms with Crippen LogP contribution in [0, 0.1) is 0 Å². The lowest BCUT2D eigenvalue weighted by molar-refractivity contribution is 0.0816. The molecule has 1 aliphatic heterocycles. The van der Waals surface area contributed by atoms with Gasteiger partial charge in [0.1, 0.15) is 0 Å². The number of carbonyl (C=O) groups is 2. The Morgan fingerprint density at radius 3 is 2.28 bits per heavy atom. The Labute approximate surface area is 164 Å². The van der Waals surface area contributed by atoms with E-state index >= 15 is 0 Å². The van der Waals surface area contributed by atoms with E-state index in [1.165, 1.54) is 27.4 Å². The van der Waals surface area contributed by atoms with Crippen molar-refractivity contribution in [3.05, 3.63) is 35.4 Å². The number of ether oxygens (including phenoxy) is 5. The predicted molar refractivity (Wildman–Crippen MR) is 102 cm³/mol. The molecule has 0 bridgehead atoms. The molecule has 0 saturated heterocycles. The van der Waals surface area contributed by atoms with Gasteiger partial charge in [-0.3, -0.25) is 9.59 Å². The van der Waals surface area contributed by atoms with Gasteiger partial charge in [0.2, 0.25) is 24.2 Å². The van der Waals surface area contributed by atoms with Crippen molar-refractivity contribution in [1.29, 1.82) is 0 Å². The molecule has 1 aromatic heterocycles. The van der Waals surface area contributed by atoms with Crippen molar-refractivity contribution in [2.24, 2.45) is 0 Å². The fourth-order valence-corrected chi connectivity index (χ4v) is 3.82. The minimum atomic E-state index is -0.654. The summed E-state index contributed by atoms with van der Waals surface area (Å²) in [4.78, 5) is 30.5. The third-order valence-electron chi connectivity index (χ3n) is 5.12. The number of nitrogens with zero attached hydrogens (tertiary/aromatic N) is 1. The predicted octanol–water partition coefficient (Wildman–Crippen LogP) is 3.04. The SMILES string of the molecule is COc1ccc2c3c(nc(OC)c2c1OC)-c1cc2c(cc1C(=O)C3=O)OCO2. The average molecular weight is 393 g/mol. The third-order valence-corrected chi connectivity index (χ3v) is 5.12. The summed E-state index contributed by atoms with van der Waals surface area (Å²) in [7, 11) is 4.47. The highest BCUT2D eigenvalue weighted by atomic mass is 16.7. The lowest BCUT2D eigenvalue weighted by Gasteiger charge is -2.22. The van der Waals surface area contributed by atoms with Crippen molar-refractivity contribution in [1.82, 2.24) is 4.98 Å². The minimum Gasteiger partial charge on any atom is -0.493 e. The van der Waals surface area contributed by atoms with Crippen LogP contribution >= 0.6 is 0 Å². The topological polar surface area (TPSA) is 93.2 Å². The Morgan fingerprint density at radius 2 is 1.62 bits per heavy atom. The van der Waals surface area contributed by atoms with Crippen LogP contribution in [0.2, 0.25) is 0 Å². The van der Waals surface area contributed by atoms with Crippen LogP contribution in [-0.4, -0.2) is 44.7 Å². The Morgan fingerprint density at radius 1 is 0.897 bits per heavy atom. The maximum Gasteiger partial charge on any atom is 0.236 e. The van der Waals surface area contributed by atoms with Crippen LogP contribution in [0.15, 0.2) is 24.3 Å². The fraction of sp³-hybridized carbons (Fsp3) is 0.190. The first-order valence-electron chi connectivity index (χ1n) is 8.74. The Hall–Kier alpha value is -3.81. The van der Waals surface area contributed by atoms with Crippen molar-refractivity contribution in [3.63, 3.8) is 0 Å². The highest BCUT2D eigenvalue weighted by molar-refractivity contribution is 6.54. The van der Waals surface area contributed by atoms with Gasteiger partial charge in [-0.05, 0) is 24.3 Å². The van der Waals surface area contributed by atoms with E-state index in [-0.39, 0.29) is 23.8 Å². The normalized spacial score (nSPS) is 13.9. The summed E-state index contributed by atoms with van der Waals surface area (Å²) >= 11 is 0. The van der Waals surface area contributed by atoms with Crippen LogP contribution in [0.4, 0.5) is 0 Å². The van der Waals surface area contributed by atoms with Gasteiger partial charge in [-0.15, -0.1) is 0 Å². The molecule has 0 spiro atoms. The number of carbonyl (C=O) groups excluding carboxylic acids is 2. The number of pyridine rings is 1. The molecular formula is C21H15NO7. The Balaban J connectivity index is 1.92. The summed E-state index contributed by atoms with van der Waals surface area (Å²) in [5.74, 6) is 0.706. The molecule has 0 N–H and O–H groups in total. The first-order valence-corrected chi connectivity index (χ1v) is 8.74. The second-order valence-corrected chi connectivity index (χ2v) is 6.48. The molecule has 0 atom stereocenters. The largest absolute Gasteiger partial charge is 0.493 e.